The third-order valence-corrected chi connectivity index (χ3v) is 3.67. The van der Waals surface area contributed by atoms with Crippen LogP contribution in [-0.2, 0) is 13.1 Å². The molecule has 0 amide bonds. The summed E-state index contributed by atoms with van der Waals surface area (Å²) < 4.78 is 2.99. The van der Waals surface area contributed by atoms with E-state index in [1.807, 2.05) is 31.2 Å². The van der Waals surface area contributed by atoms with Gasteiger partial charge in [-0.05, 0) is 19.9 Å². The summed E-state index contributed by atoms with van der Waals surface area (Å²) in [7, 11) is 0. The Hall–Kier alpha value is -3.07. The summed E-state index contributed by atoms with van der Waals surface area (Å²) in [5.74, 6) is 1.28. The number of rotatable bonds is 6. The van der Waals surface area contributed by atoms with Crippen LogP contribution < -0.4 is 0 Å². The fraction of sp³-hybridized carbons (Fsp3) is 0.312. The fourth-order valence-electron chi connectivity index (χ4n) is 2.60. The molecule has 9 nitrogen and oxygen atoms in total. The van der Waals surface area contributed by atoms with E-state index in [1.54, 1.807) is 11.6 Å². The van der Waals surface area contributed by atoms with E-state index in [0.717, 1.165) is 17.3 Å². The summed E-state index contributed by atoms with van der Waals surface area (Å²) in [5, 5.41) is 29.2. The molecular formula is C16H18N6O3. The molecule has 0 fully saturated rings. The first kappa shape index (κ1) is 16.8. The van der Waals surface area contributed by atoms with Gasteiger partial charge in [-0.3, -0.25) is 14.8 Å². The highest BCUT2D eigenvalue weighted by Crippen LogP contribution is 2.19. The maximum absolute atomic E-state index is 10.7. The predicted molar refractivity (Wildman–Crippen MR) is 89.8 cm³/mol. The van der Waals surface area contributed by atoms with Gasteiger partial charge >= 0.3 is 5.69 Å². The van der Waals surface area contributed by atoms with Gasteiger partial charge in [-0.15, -0.1) is 0 Å². The van der Waals surface area contributed by atoms with Crippen LogP contribution in [-0.4, -0.2) is 40.7 Å². The Balaban J connectivity index is 1.77. The van der Waals surface area contributed by atoms with Crippen molar-refractivity contribution in [2.75, 3.05) is 0 Å². The standard InChI is InChI=1S/C16H18N6O3/c1-11-4-3-5-13(6-11)16-18-12(2)19-21(16)10-15(23)9-20-8-14(7-17-20)22(24)25/h3-8,15,23H,9-10H2,1-2H3/t15-/m1/s1. The monoisotopic (exact) mass is 342 g/mol. The van der Waals surface area contributed by atoms with E-state index in [2.05, 4.69) is 15.2 Å². The minimum atomic E-state index is -0.816. The average Bonchev–Trinajstić information content (AvgIpc) is 3.14. The lowest BCUT2D eigenvalue weighted by molar-refractivity contribution is -0.385. The number of hydrogen-bond donors (Lipinski definition) is 1. The van der Waals surface area contributed by atoms with Gasteiger partial charge in [0.1, 0.15) is 18.2 Å². The Bertz CT molecular complexity index is 901. The highest BCUT2D eigenvalue weighted by Gasteiger charge is 2.16. The molecule has 1 aromatic carbocycles. The molecule has 0 aliphatic carbocycles. The van der Waals surface area contributed by atoms with Crippen molar-refractivity contribution in [3.63, 3.8) is 0 Å². The molecule has 0 unspecified atom stereocenters. The second-order valence-corrected chi connectivity index (χ2v) is 5.87. The summed E-state index contributed by atoms with van der Waals surface area (Å²) in [6.07, 6.45) is 1.63. The SMILES string of the molecule is Cc1cccc(-c2nc(C)nn2C[C@H](O)Cn2cc([N+](=O)[O-])cn2)c1. The summed E-state index contributed by atoms with van der Waals surface area (Å²) >= 11 is 0. The third kappa shape index (κ3) is 3.89. The van der Waals surface area contributed by atoms with Gasteiger partial charge in [-0.1, -0.05) is 23.8 Å². The zero-order valence-corrected chi connectivity index (χ0v) is 13.9. The van der Waals surface area contributed by atoms with Crippen molar-refractivity contribution in [1.29, 1.82) is 0 Å². The van der Waals surface area contributed by atoms with Crippen molar-refractivity contribution < 1.29 is 10.0 Å². The van der Waals surface area contributed by atoms with Crippen LogP contribution >= 0.6 is 0 Å². The van der Waals surface area contributed by atoms with Gasteiger partial charge in [-0.2, -0.15) is 10.2 Å². The summed E-state index contributed by atoms with van der Waals surface area (Å²) in [5.41, 5.74) is 1.92. The van der Waals surface area contributed by atoms with Crippen LogP contribution in [0, 0.1) is 24.0 Å². The zero-order valence-electron chi connectivity index (χ0n) is 13.9. The van der Waals surface area contributed by atoms with E-state index >= 15 is 0 Å². The van der Waals surface area contributed by atoms with E-state index in [9.17, 15) is 15.2 Å². The number of benzene rings is 1. The van der Waals surface area contributed by atoms with E-state index in [0.29, 0.717) is 11.6 Å². The van der Waals surface area contributed by atoms with Crippen molar-refractivity contribution in [3.8, 4) is 11.4 Å². The Morgan fingerprint density at radius 3 is 2.80 bits per heavy atom. The second-order valence-electron chi connectivity index (χ2n) is 5.87. The lowest BCUT2D eigenvalue weighted by atomic mass is 10.1. The first-order chi connectivity index (χ1) is 11.9. The summed E-state index contributed by atoms with van der Waals surface area (Å²) in [6.45, 7) is 4.12. The van der Waals surface area contributed by atoms with Gasteiger partial charge in [0.25, 0.3) is 0 Å². The number of nitro groups is 1. The van der Waals surface area contributed by atoms with Crippen LogP contribution in [0.3, 0.4) is 0 Å². The van der Waals surface area contributed by atoms with E-state index < -0.39 is 11.0 Å². The normalized spacial score (nSPS) is 12.3. The van der Waals surface area contributed by atoms with Crippen LogP contribution in [0.25, 0.3) is 11.4 Å². The topological polar surface area (TPSA) is 112 Å². The number of nitrogens with zero attached hydrogens (tertiary/aromatic N) is 6. The minimum absolute atomic E-state index is 0.107. The molecule has 2 aromatic heterocycles. The van der Waals surface area contributed by atoms with Gasteiger partial charge in [0.2, 0.25) is 0 Å². The Labute approximate surface area is 143 Å². The number of aliphatic hydroxyl groups excluding tert-OH is 1. The molecule has 0 bridgehead atoms. The molecule has 0 aliphatic rings. The molecule has 1 N–H and O–H groups in total. The molecule has 0 radical (unpaired) electrons. The molecule has 1 atom stereocenters. The average molecular weight is 342 g/mol. The Morgan fingerprint density at radius 2 is 2.12 bits per heavy atom. The number of aryl methyl sites for hydroxylation is 2. The van der Waals surface area contributed by atoms with Crippen molar-refractivity contribution in [3.05, 3.63) is 58.2 Å². The highest BCUT2D eigenvalue weighted by molar-refractivity contribution is 5.56. The number of aromatic nitrogens is 5. The first-order valence-electron chi connectivity index (χ1n) is 7.76. The molecule has 0 aliphatic heterocycles. The van der Waals surface area contributed by atoms with Crippen molar-refractivity contribution in [1.82, 2.24) is 24.5 Å². The van der Waals surface area contributed by atoms with E-state index in [-0.39, 0.29) is 18.8 Å². The van der Waals surface area contributed by atoms with Crippen LogP contribution in [0.2, 0.25) is 0 Å². The molecular weight excluding hydrogens is 324 g/mol. The van der Waals surface area contributed by atoms with Gasteiger partial charge < -0.3 is 5.11 Å². The van der Waals surface area contributed by atoms with Crippen LogP contribution in [0.5, 0.6) is 0 Å². The number of aliphatic hydroxyl groups is 1. The maximum Gasteiger partial charge on any atom is 0.306 e. The summed E-state index contributed by atoms with van der Waals surface area (Å²) in [4.78, 5) is 14.6. The minimum Gasteiger partial charge on any atom is -0.389 e. The molecule has 3 rings (SSSR count). The largest absolute Gasteiger partial charge is 0.389 e. The number of hydrogen-bond acceptors (Lipinski definition) is 6. The van der Waals surface area contributed by atoms with Crippen LogP contribution in [0.1, 0.15) is 11.4 Å². The molecule has 0 saturated carbocycles. The smallest absolute Gasteiger partial charge is 0.306 e. The lowest BCUT2D eigenvalue weighted by Gasteiger charge is -2.12. The first-order valence-corrected chi connectivity index (χ1v) is 7.76. The molecule has 2 heterocycles. The van der Waals surface area contributed by atoms with Crippen molar-refractivity contribution in [2.45, 2.75) is 33.0 Å². The summed E-state index contributed by atoms with van der Waals surface area (Å²) in [6, 6.07) is 7.88. The molecule has 0 spiro atoms. The van der Waals surface area contributed by atoms with Crippen molar-refractivity contribution >= 4 is 5.69 Å². The highest BCUT2D eigenvalue weighted by atomic mass is 16.6. The Kier molecular flexibility index (Phi) is 4.57. The fourth-order valence-corrected chi connectivity index (χ4v) is 2.60. The quantitative estimate of drug-likeness (QED) is 0.539. The molecule has 130 valence electrons. The third-order valence-electron chi connectivity index (χ3n) is 3.67. The molecule has 25 heavy (non-hydrogen) atoms. The van der Waals surface area contributed by atoms with E-state index in [1.165, 1.54) is 10.9 Å². The molecule has 0 saturated heterocycles. The maximum atomic E-state index is 10.7. The van der Waals surface area contributed by atoms with Crippen LogP contribution in [0.15, 0.2) is 36.7 Å². The van der Waals surface area contributed by atoms with Gasteiger partial charge in [0.15, 0.2) is 5.82 Å². The molecule has 9 heteroatoms. The van der Waals surface area contributed by atoms with Gasteiger partial charge in [0, 0.05) is 5.56 Å². The predicted octanol–water partition coefficient (Wildman–Crippen LogP) is 1.73. The van der Waals surface area contributed by atoms with Gasteiger partial charge in [0.05, 0.1) is 24.1 Å². The molecule has 3 aromatic rings. The van der Waals surface area contributed by atoms with E-state index in [4.69, 9.17) is 0 Å². The Morgan fingerprint density at radius 1 is 1.32 bits per heavy atom. The lowest BCUT2D eigenvalue weighted by Crippen LogP contribution is -2.23. The van der Waals surface area contributed by atoms with Gasteiger partial charge in [-0.25, -0.2) is 9.67 Å². The van der Waals surface area contributed by atoms with Crippen LogP contribution in [0.4, 0.5) is 5.69 Å². The second kappa shape index (κ2) is 6.81. The van der Waals surface area contributed by atoms with Crippen molar-refractivity contribution in [2.24, 2.45) is 0 Å². The zero-order chi connectivity index (χ0) is 18.0.